The van der Waals surface area contributed by atoms with E-state index >= 15 is 0 Å². The minimum Gasteiger partial charge on any atom is -0.493 e. The second-order valence-corrected chi connectivity index (χ2v) is 9.26. The number of aryl methyl sites for hydroxylation is 1. The summed E-state index contributed by atoms with van der Waals surface area (Å²) in [5, 5.41) is 15.5. The lowest BCUT2D eigenvalue weighted by Gasteiger charge is -2.19. The van der Waals surface area contributed by atoms with E-state index in [-0.39, 0.29) is 22.9 Å². The number of carbonyl (C=O) groups excluding carboxylic acids is 1. The highest BCUT2D eigenvalue weighted by Crippen LogP contribution is 2.50. The molecule has 36 heavy (non-hydrogen) atoms. The second kappa shape index (κ2) is 11.3. The molecule has 2 aromatic carbocycles. The number of hydrogen-bond acceptors (Lipinski definition) is 7. The van der Waals surface area contributed by atoms with Crippen molar-refractivity contribution in [2.75, 3.05) is 26.6 Å². The lowest BCUT2D eigenvalue weighted by molar-refractivity contribution is -0.138. The van der Waals surface area contributed by atoms with Gasteiger partial charge in [0.25, 0.3) is 0 Å². The van der Waals surface area contributed by atoms with Crippen molar-refractivity contribution < 1.29 is 28.9 Å². The third kappa shape index (κ3) is 5.56. The zero-order valence-electron chi connectivity index (χ0n) is 21.6. The van der Waals surface area contributed by atoms with E-state index < -0.39 is 18.1 Å². The fraction of sp³-hybridized carbons (Fsp3) is 0.444. The van der Waals surface area contributed by atoms with Gasteiger partial charge in [0.1, 0.15) is 6.04 Å². The molecule has 0 spiro atoms. The van der Waals surface area contributed by atoms with E-state index in [2.05, 4.69) is 10.6 Å². The van der Waals surface area contributed by atoms with Crippen LogP contribution in [0.1, 0.15) is 50.8 Å². The molecule has 9 heteroatoms. The summed E-state index contributed by atoms with van der Waals surface area (Å²) >= 11 is 0. The molecule has 0 heterocycles. The number of ether oxygens (including phenoxy) is 3. The normalized spacial score (nSPS) is 15.1. The molecule has 2 atom stereocenters. The molecule has 9 nitrogen and oxygen atoms in total. The Balaban J connectivity index is 2.30. The molecule has 2 aromatic rings. The number of carbonyl (C=O) groups is 2. The Labute approximate surface area is 210 Å². The van der Waals surface area contributed by atoms with Crippen LogP contribution in [0.5, 0.6) is 17.2 Å². The molecule has 3 N–H and O–H groups in total. The van der Waals surface area contributed by atoms with Gasteiger partial charge in [0, 0.05) is 12.5 Å². The topological polar surface area (TPSA) is 123 Å². The Kier molecular flexibility index (Phi) is 8.45. The van der Waals surface area contributed by atoms with Crippen molar-refractivity contribution in [3.63, 3.8) is 0 Å². The van der Waals surface area contributed by atoms with Crippen molar-refractivity contribution in [2.24, 2.45) is 5.92 Å². The number of aliphatic carboxylic acids is 1. The number of nitrogens with one attached hydrogen (secondary N) is 2. The number of rotatable bonds is 9. The number of anilines is 1. The first-order valence-corrected chi connectivity index (χ1v) is 11.9. The molecule has 0 saturated heterocycles. The van der Waals surface area contributed by atoms with Crippen LogP contribution in [-0.4, -0.2) is 44.4 Å². The van der Waals surface area contributed by atoms with Gasteiger partial charge in [-0.25, -0.2) is 4.79 Å². The van der Waals surface area contributed by atoms with Crippen LogP contribution in [0.4, 0.5) is 5.69 Å². The summed E-state index contributed by atoms with van der Waals surface area (Å²) in [6.07, 6.45) is 1.48. The van der Waals surface area contributed by atoms with E-state index in [1.165, 1.54) is 27.2 Å². The minimum atomic E-state index is -1.03. The molecular weight excluding hydrogens is 464 g/mol. The first-order chi connectivity index (χ1) is 17.1. The van der Waals surface area contributed by atoms with Gasteiger partial charge in [0.15, 0.2) is 11.5 Å². The zero-order valence-corrected chi connectivity index (χ0v) is 21.6. The van der Waals surface area contributed by atoms with Crippen LogP contribution in [0, 0.1) is 5.92 Å². The maximum absolute atomic E-state index is 13.3. The molecule has 1 amide bonds. The number of benzene rings is 1. The van der Waals surface area contributed by atoms with E-state index in [9.17, 15) is 19.5 Å². The predicted molar refractivity (Wildman–Crippen MR) is 137 cm³/mol. The van der Waals surface area contributed by atoms with Gasteiger partial charge in [-0.3, -0.25) is 9.59 Å². The first-order valence-electron chi connectivity index (χ1n) is 11.9. The average molecular weight is 499 g/mol. The third-order valence-corrected chi connectivity index (χ3v) is 6.25. The van der Waals surface area contributed by atoms with E-state index in [1.54, 1.807) is 19.2 Å². The molecule has 0 aliphatic heterocycles. The molecule has 0 aromatic heterocycles. The van der Waals surface area contributed by atoms with Crippen LogP contribution in [0.25, 0.3) is 11.1 Å². The maximum Gasteiger partial charge on any atom is 0.326 e. The van der Waals surface area contributed by atoms with Gasteiger partial charge < -0.3 is 30.0 Å². The van der Waals surface area contributed by atoms with Gasteiger partial charge in [-0.2, -0.15) is 0 Å². The number of hydrogen-bond donors (Lipinski definition) is 3. The Morgan fingerprint density at radius 2 is 1.78 bits per heavy atom. The quantitative estimate of drug-likeness (QED) is 0.477. The van der Waals surface area contributed by atoms with E-state index in [1.807, 2.05) is 19.9 Å². The predicted octanol–water partition coefficient (Wildman–Crippen LogP) is 3.77. The summed E-state index contributed by atoms with van der Waals surface area (Å²) in [5.74, 6) is 0.240. The number of carboxylic acid groups (broad SMARTS) is 1. The SMILES string of the molecule is COc1cc2c(c(OC)c1OC)-c1ccc(N[C@H](CC(C)C)C(=O)O)c(=O)cc1[C@@H](NC(C)=O)CC2. The Hall–Kier alpha value is -3.75. The van der Waals surface area contributed by atoms with Crippen LogP contribution >= 0.6 is 0 Å². The molecule has 0 bridgehead atoms. The number of amides is 1. The lowest BCUT2D eigenvalue weighted by atomic mass is 9.95. The van der Waals surface area contributed by atoms with Crippen LogP contribution < -0.4 is 30.3 Å². The van der Waals surface area contributed by atoms with Crippen molar-refractivity contribution in [3.05, 3.63) is 45.6 Å². The summed E-state index contributed by atoms with van der Waals surface area (Å²) in [6.45, 7) is 5.28. The molecule has 194 valence electrons. The third-order valence-electron chi connectivity index (χ3n) is 6.25. The summed E-state index contributed by atoms with van der Waals surface area (Å²) in [4.78, 5) is 37.2. The number of methoxy groups -OCH3 is 3. The van der Waals surface area contributed by atoms with Crippen molar-refractivity contribution in [3.8, 4) is 28.4 Å². The lowest BCUT2D eigenvalue weighted by Crippen LogP contribution is -2.32. The molecule has 0 radical (unpaired) electrons. The minimum absolute atomic E-state index is 0.116. The number of carboxylic acids is 1. The average Bonchev–Trinajstić information content (AvgIpc) is 3.06. The van der Waals surface area contributed by atoms with Gasteiger partial charge in [-0.15, -0.1) is 0 Å². The molecule has 3 rings (SSSR count). The zero-order chi connectivity index (χ0) is 26.6. The van der Waals surface area contributed by atoms with Crippen molar-refractivity contribution in [1.82, 2.24) is 5.32 Å². The first kappa shape index (κ1) is 26.8. The highest BCUT2D eigenvalue weighted by molar-refractivity contribution is 5.84. The van der Waals surface area contributed by atoms with Crippen LogP contribution in [-0.2, 0) is 16.0 Å². The van der Waals surface area contributed by atoms with E-state index in [0.717, 1.165) is 11.1 Å². The van der Waals surface area contributed by atoms with Gasteiger partial charge in [-0.1, -0.05) is 19.9 Å². The highest BCUT2D eigenvalue weighted by atomic mass is 16.5. The van der Waals surface area contributed by atoms with Crippen LogP contribution in [0.3, 0.4) is 0 Å². The van der Waals surface area contributed by atoms with E-state index in [4.69, 9.17) is 14.2 Å². The van der Waals surface area contributed by atoms with Gasteiger partial charge in [0.05, 0.1) is 33.1 Å². The molecular formula is C27H34N2O7. The van der Waals surface area contributed by atoms with E-state index in [0.29, 0.717) is 47.6 Å². The van der Waals surface area contributed by atoms with Gasteiger partial charge in [0.2, 0.25) is 17.1 Å². The Morgan fingerprint density at radius 1 is 1.08 bits per heavy atom. The van der Waals surface area contributed by atoms with Gasteiger partial charge >= 0.3 is 5.97 Å². The highest BCUT2D eigenvalue weighted by Gasteiger charge is 2.29. The smallest absolute Gasteiger partial charge is 0.326 e. The summed E-state index contributed by atoms with van der Waals surface area (Å²) in [7, 11) is 4.60. The largest absolute Gasteiger partial charge is 0.493 e. The molecule has 1 aliphatic rings. The molecule has 0 fully saturated rings. The monoisotopic (exact) mass is 498 g/mol. The van der Waals surface area contributed by atoms with Crippen molar-refractivity contribution in [1.29, 1.82) is 0 Å². The summed E-state index contributed by atoms with van der Waals surface area (Å²) in [5.41, 5.74) is 2.73. The Bertz CT molecular complexity index is 1210. The maximum atomic E-state index is 13.3. The fourth-order valence-corrected chi connectivity index (χ4v) is 4.71. The fourth-order valence-electron chi connectivity index (χ4n) is 4.71. The van der Waals surface area contributed by atoms with Crippen molar-refractivity contribution in [2.45, 2.75) is 52.1 Å². The standard InChI is InChI=1S/C27H34N2O7/c1-14(2)11-21(27(32)33)29-20-10-8-17-18(13-22(20)31)19(28-15(3)30)9-7-16-12-23(34-4)25(35-5)26(36-6)24(16)17/h8,10,12-14,19,21H,7,9,11H2,1-6H3,(H,28,30)(H,29,31)(H,32,33)/t19-,21+/m0/s1. The number of fused-ring (bicyclic) bond motifs is 3. The second-order valence-electron chi connectivity index (χ2n) is 9.26. The van der Waals surface area contributed by atoms with Gasteiger partial charge in [-0.05, 0) is 60.1 Å². The van der Waals surface area contributed by atoms with Crippen LogP contribution in [0.2, 0.25) is 0 Å². The summed E-state index contributed by atoms with van der Waals surface area (Å²) in [6, 6.07) is 5.35. The molecule has 0 saturated carbocycles. The molecule has 0 unspecified atom stereocenters. The Morgan fingerprint density at radius 3 is 2.33 bits per heavy atom. The van der Waals surface area contributed by atoms with Crippen LogP contribution in [0.15, 0.2) is 29.1 Å². The summed E-state index contributed by atoms with van der Waals surface area (Å²) < 4.78 is 16.9. The molecule has 1 aliphatic carbocycles. The van der Waals surface area contributed by atoms with Crippen molar-refractivity contribution >= 4 is 17.6 Å².